The fourth-order valence-corrected chi connectivity index (χ4v) is 3.03. The topological polar surface area (TPSA) is 41.1 Å². The molecular weight excluding hydrogens is 224 g/mol. The van der Waals surface area contributed by atoms with Crippen LogP contribution in [0.25, 0.3) is 0 Å². The van der Waals surface area contributed by atoms with Gasteiger partial charge in [0.1, 0.15) is 0 Å². The summed E-state index contributed by atoms with van der Waals surface area (Å²) in [5, 5.41) is 6.45. The number of nitrogens with one attached hydrogen (secondary N) is 2. The molecule has 2 unspecified atom stereocenters. The first-order chi connectivity index (χ1) is 8.83. The second kappa shape index (κ2) is 5.11. The van der Waals surface area contributed by atoms with Gasteiger partial charge in [-0.3, -0.25) is 4.79 Å². The Morgan fingerprint density at radius 2 is 2.06 bits per heavy atom. The van der Waals surface area contributed by atoms with Gasteiger partial charge in [0.2, 0.25) is 5.91 Å². The van der Waals surface area contributed by atoms with Crippen LogP contribution >= 0.6 is 0 Å². The number of carbonyl (C=O) groups is 1. The Labute approximate surface area is 108 Å². The lowest BCUT2D eigenvalue weighted by Crippen LogP contribution is -2.47. The quantitative estimate of drug-likeness (QED) is 0.826. The molecule has 3 heteroatoms. The average molecular weight is 244 g/mol. The minimum Gasteiger partial charge on any atom is -0.352 e. The van der Waals surface area contributed by atoms with Gasteiger partial charge in [0.25, 0.3) is 0 Å². The molecule has 18 heavy (non-hydrogen) atoms. The minimum absolute atomic E-state index is 0.0437. The molecule has 3 rings (SSSR count). The summed E-state index contributed by atoms with van der Waals surface area (Å²) in [4.78, 5) is 12.1. The summed E-state index contributed by atoms with van der Waals surface area (Å²) in [5.41, 5.74) is 2.84. The number of carbonyl (C=O) groups excluding carboxylic acids is 1. The van der Waals surface area contributed by atoms with Crippen LogP contribution in [0.1, 0.15) is 30.4 Å². The Morgan fingerprint density at radius 1 is 1.22 bits per heavy atom. The molecule has 2 atom stereocenters. The number of rotatable bonds is 2. The highest BCUT2D eigenvalue weighted by Crippen LogP contribution is 2.21. The van der Waals surface area contributed by atoms with Crippen molar-refractivity contribution in [2.45, 2.75) is 44.2 Å². The molecule has 2 N–H and O–H groups in total. The number of hydrogen-bond donors (Lipinski definition) is 2. The second-order valence-corrected chi connectivity index (χ2v) is 5.37. The van der Waals surface area contributed by atoms with Gasteiger partial charge in [0.15, 0.2) is 0 Å². The maximum Gasteiger partial charge on any atom is 0.237 e. The van der Waals surface area contributed by atoms with E-state index in [1.54, 1.807) is 0 Å². The Kier molecular flexibility index (Phi) is 3.33. The third kappa shape index (κ3) is 2.41. The maximum atomic E-state index is 12.1. The molecule has 0 spiro atoms. The molecule has 1 saturated heterocycles. The van der Waals surface area contributed by atoms with Gasteiger partial charge < -0.3 is 10.6 Å². The fraction of sp³-hybridized carbons (Fsp3) is 0.533. The van der Waals surface area contributed by atoms with Gasteiger partial charge in [-0.05, 0) is 49.8 Å². The van der Waals surface area contributed by atoms with E-state index >= 15 is 0 Å². The first kappa shape index (κ1) is 11.7. The third-order valence-corrected chi connectivity index (χ3v) is 4.07. The van der Waals surface area contributed by atoms with E-state index in [9.17, 15) is 4.79 Å². The molecular formula is C15H20N2O. The van der Waals surface area contributed by atoms with Crippen molar-refractivity contribution in [1.82, 2.24) is 10.6 Å². The van der Waals surface area contributed by atoms with Crippen molar-refractivity contribution < 1.29 is 4.79 Å². The van der Waals surface area contributed by atoms with Gasteiger partial charge in [0, 0.05) is 6.04 Å². The Balaban J connectivity index is 1.60. The Hall–Kier alpha value is -1.35. The molecule has 0 bridgehead atoms. The van der Waals surface area contributed by atoms with Gasteiger partial charge in [-0.2, -0.15) is 0 Å². The molecule has 3 nitrogen and oxygen atoms in total. The molecule has 1 aromatic rings. The monoisotopic (exact) mass is 244 g/mol. The smallest absolute Gasteiger partial charge is 0.237 e. The lowest BCUT2D eigenvalue weighted by atomic mass is 9.88. The van der Waals surface area contributed by atoms with E-state index in [0.717, 1.165) is 38.6 Å². The summed E-state index contributed by atoms with van der Waals surface area (Å²) < 4.78 is 0. The zero-order valence-corrected chi connectivity index (χ0v) is 10.6. The Morgan fingerprint density at radius 3 is 2.83 bits per heavy atom. The molecule has 1 heterocycles. The number of fused-ring (bicyclic) bond motifs is 1. The van der Waals surface area contributed by atoms with E-state index in [4.69, 9.17) is 0 Å². The molecule has 2 aliphatic rings. The normalized spacial score (nSPS) is 26.7. The molecule has 1 aromatic carbocycles. The highest BCUT2D eigenvalue weighted by Gasteiger charge is 2.25. The molecule has 0 radical (unpaired) electrons. The van der Waals surface area contributed by atoms with E-state index in [1.807, 2.05) is 0 Å². The molecule has 0 saturated carbocycles. The van der Waals surface area contributed by atoms with Crippen LogP contribution in [-0.4, -0.2) is 24.5 Å². The van der Waals surface area contributed by atoms with Crippen molar-refractivity contribution in [2.24, 2.45) is 0 Å². The van der Waals surface area contributed by atoms with Crippen LogP contribution in [0.3, 0.4) is 0 Å². The number of amides is 1. The van der Waals surface area contributed by atoms with Crippen LogP contribution in [0.5, 0.6) is 0 Å². The van der Waals surface area contributed by atoms with Gasteiger partial charge in [-0.1, -0.05) is 24.3 Å². The number of benzene rings is 1. The predicted octanol–water partition coefficient (Wildman–Crippen LogP) is 1.41. The van der Waals surface area contributed by atoms with Gasteiger partial charge in [-0.15, -0.1) is 0 Å². The van der Waals surface area contributed by atoms with Gasteiger partial charge >= 0.3 is 0 Å². The summed E-state index contributed by atoms with van der Waals surface area (Å²) in [7, 11) is 0. The van der Waals surface area contributed by atoms with Crippen LogP contribution in [-0.2, 0) is 17.6 Å². The lowest BCUT2D eigenvalue weighted by molar-refractivity contribution is -0.123. The molecule has 1 aliphatic heterocycles. The number of aryl methyl sites for hydroxylation is 1. The Bertz CT molecular complexity index is 438. The predicted molar refractivity (Wildman–Crippen MR) is 71.4 cm³/mol. The summed E-state index contributed by atoms with van der Waals surface area (Å²) in [6, 6.07) is 8.92. The highest BCUT2D eigenvalue weighted by atomic mass is 16.2. The standard InChI is InChI=1S/C15H20N2O/c18-15(14-6-3-9-16-14)17-13-8-7-11-4-1-2-5-12(11)10-13/h1-2,4-5,13-14,16H,3,6-10H2,(H,17,18). The van der Waals surface area contributed by atoms with Crippen molar-refractivity contribution >= 4 is 5.91 Å². The zero-order valence-electron chi connectivity index (χ0n) is 10.6. The van der Waals surface area contributed by atoms with Crippen molar-refractivity contribution in [2.75, 3.05) is 6.54 Å². The fourth-order valence-electron chi connectivity index (χ4n) is 3.03. The summed E-state index contributed by atoms with van der Waals surface area (Å²) >= 11 is 0. The van der Waals surface area contributed by atoms with Crippen LogP contribution in [0, 0.1) is 0 Å². The highest BCUT2D eigenvalue weighted by molar-refractivity contribution is 5.82. The SMILES string of the molecule is O=C(NC1CCc2ccccc2C1)C1CCCN1. The molecule has 0 aromatic heterocycles. The maximum absolute atomic E-state index is 12.1. The van der Waals surface area contributed by atoms with Gasteiger partial charge in [-0.25, -0.2) is 0 Å². The lowest BCUT2D eigenvalue weighted by Gasteiger charge is -2.26. The summed E-state index contributed by atoms with van der Waals surface area (Å²) in [6.07, 6.45) is 5.23. The molecule has 96 valence electrons. The van der Waals surface area contributed by atoms with Crippen LogP contribution in [0.15, 0.2) is 24.3 Å². The van der Waals surface area contributed by atoms with Crippen molar-refractivity contribution in [1.29, 1.82) is 0 Å². The third-order valence-electron chi connectivity index (χ3n) is 4.07. The zero-order chi connectivity index (χ0) is 12.4. The first-order valence-corrected chi connectivity index (χ1v) is 6.93. The molecule has 1 amide bonds. The van der Waals surface area contributed by atoms with Crippen LogP contribution in [0.2, 0.25) is 0 Å². The van der Waals surface area contributed by atoms with E-state index in [-0.39, 0.29) is 11.9 Å². The van der Waals surface area contributed by atoms with Crippen molar-refractivity contribution in [3.8, 4) is 0 Å². The molecule has 1 aliphatic carbocycles. The average Bonchev–Trinajstić information content (AvgIpc) is 2.92. The first-order valence-electron chi connectivity index (χ1n) is 6.93. The summed E-state index contributed by atoms with van der Waals surface area (Å²) in [6.45, 7) is 0.978. The van der Waals surface area contributed by atoms with Crippen LogP contribution in [0.4, 0.5) is 0 Å². The molecule has 1 fully saturated rings. The van der Waals surface area contributed by atoms with Gasteiger partial charge in [0.05, 0.1) is 6.04 Å². The minimum atomic E-state index is 0.0437. The van der Waals surface area contributed by atoms with Crippen molar-refractivity contribution in [3.05, 3.63) is 35.4 Å². The van der Waals surface area contributed by atoms with Crippen molar-refractivity contribution in [3.63, 3.8) is 0 Å². The largest absolute Gasteiger partial charge is 0.352 e. The van der Waals surface area contributed by atoms with Crippen LogP contribution < -0.4 is 10.6 Å². The second-order valence-electron chi connectivity index (χ2n) is 5.37. The van der Waals surface area contributed by atoms with E-state index in [0.29, 0.717) is 6.04 Å². The van der Waals surface area contributed by atoms with E-state index in [1.165, 1.54) is 11.1 Å². The van der Waals surface area contributed by atoms with E-state index in [2.05, 4.69) is 34.9 Å². The number of hydrogen-bond acceptors (Lipinski definition) is 2. The van der Waals surface area contributed by atoms with E-state index < -0.39 is 0 Å². The summed E-state index contributed by atoms with van der Waals surface area (Å²) in [5.74, 6) is 0.192.